The summed E-state index contributed by atoms with van der Waals surface area (Å²) in [5.41, 5.74) is 1.09. The summed E-state index contributed by atoms with van der Waals surface area (Å²) in [5, 5.41) is 2.63. The van der Waals surface area contributed by atoms with Crippen molar-refractivity contribution < 1.29 is 18.7 Å². The zero-order chi connectivity index (χ0) is 16.3. The van der Waals surface area contributed by atoms with Crippen molar-refractivity contribution in [3.63, 3.8) is 0 Å². The fourth-order valence-electron chi connectivity index (χ4n) is 2.51. The van der Waals surface area contributed by atoms with Crippen molar-refractivity contribution in [1.29, 1.82) is 0 Å². The Bertz CT molecular complexity index is 622. The van der Waals surface area contributed by atoms with E-state index >= 15 is 0 Å². The smallest absolute Gasteiger partial charge is 0.336 e. The Hall–Kier alpha value is -2.17. The summed E-state index contributed by atoms with van der Waals surface area (Å²) in [4.78, 5) is 24.1. The van der Waals surface area contributed by atoms with Crippen LogP contribution in [0.3, 0.4) is 0 Å². The number of carbonyl (C=O) groups is 2. The van der Waals surface area contributed by atoms with Gasteiger partial charge < -0.3 is 10.1 Å². The molecule has 5 heteroatoms. The number of nitrogens with one attached hydrogen (secondary N) is 1. The van der Waals surface area contributed by atoms with Crippen molar-refractivity contribution in [3.05, 3.63) is 46.9 Å². The number of ether oxygens (including phenoxy) is 1. The molecule has 0 radical (unpaired) electrons. The van der Waals surface area contributed by atoms with E-state index < -0.39 is 17.7 Å². The van der Waals surface area contributed by atoms with Crippen LogP contribution in [-0.2, 0) is 14.3 Å². The molecule has 118 valence electrons. The highest BCUT2D eigenvalue weighted by molar-refractivity contribution is 5.95. The lowest BCUT2D eigenvalue weighted by Crippen LogP contribution is -2.34. The van der Waals surface area contributed by atoms with Crippen molar-refractivity contribution in [2.75, 3.05) is 6.61 Å². The minimum absolute atomic E-state index is 0.0321. The monoisotopic (exact) mass is 305 g/mol. The van der Waals surface area contributed by atoms with Gasteiger partial charge in [0.15, 0.2) is 0 Å². The van der Waals surface area contributed by atoms with Crippen molar-refractivity contribution >= 4 is 11.9 Å². The van der Waals surface area contributed by atoms with Crippen LogP contribution in [-0.4, -0.2) is 18.5 Å². The molecule has 1 aliphatic heterocycles. The molecule has 1 N–H and O–H groups in total. The van der Waals surface area contributed by atoms with Crippen LogP contribution in [0.2, 0.25) is 0 Å². The number of rotatable bonds is 4. The summed E-state index contributed by atoms with van der Waals surface area (Å²) in [5.74, 6) is -1.57. The maximum absolute atomic E-state index is 14.1. The molecule has 0 saturated heterocycles. The van der Waals surface area contributed by atoms with E-state index in [4.69, 9.17) is 4.74 Å². The van der Waals surface area contributed by atoms with E-state index in [1.54, 1.807) is 25.1 Å². The van der Waals surface area contributed by atoms with Crippen LogP contribution >= 0.6 is 0 Å². The van der Waals surface area contributed by atoms with Gasteiger partial charge in [-0.05, 0) is 24.5 Å². The molecule has 1 aromatic carbocycles. The lowest BCUT2D eigenvalue weighted by molar-refractivity contribution is -0.140. The summed E-state index contributed by atoms with van der Waals surface area (Å²) in [6.45, 7) is 5.79. The quantitative estimate of drug-likeness (QED) is 0.870. The summed E-state index contributed by atoms with van der Waals surface area (Å²) in [7, 11) is 0. The summed E-state index contributed by atoms with van der Waals surface area (Å²) in [6, 6.07) is 6.20. The third-order valence-electron chi connectivity index (χ3n) is 3.52. The third-order valence-corrected chi connectivity index (χ3v) is 3.52. The molecule has 22 heavy (non-hydrogen) atoms. The lowest BCUT2D eigenvalue weighted by atomic mass is 9.84. The van der Waals surface area contributed by atoms with E-state index in [0.29, 0.717) is 16.8 Å². The second-order valence-electron chi connectivity index (χ2n) is 5.86. The second-order valence-corrected chi connectivity index (χ2v) is 5.86. The van der Waals surface area contributed by atoms with E-state index in [9.17, 15) is 14.0 Å². The molecule has 0 unspecified atom stereocenters. The summed E-state index contributed by atoms with van der Waals surface area (Å²) < 4.78 is 19.3. The molecule has 1 amide bonds. The number of esters is 1. The van der Waals surface area contributed by atoms with Crippen molar-refractivity contribution in [2.24, 2.45) is 5.92 Å². The molecule has 0 aliphatic carbocycles. The molecular weight excluding hydrogens is 285 g/mol. The Morgan fingerprint density at radius 2 is 2.09 bits per heavy atom. The van der Waals surface area contributed by atoms with Gasteiger partial charge in [-0.15, -0.1) is 0 Å². The van der Waals surface area contributed by atoms with E-state index in [1.807, 2.05) is 13.8 Å². The number of allylic oxidation sites excluding steroid dienone is 1. The predicted molar refractivity (Wildman–Crippen MR) is 80.4 cm³/mol. The van der Waals surface area contributed by atoms with Crippen LogP contribution < -0.4 is 5.32 Å². The minimum Gasteiger partial charge on any atom is -0.462 e. The molecule has 0 saturated carbocycles. The average Bonchev–Trinajstić information content (AvgIpc) is 2.44. The number of halogens is 1. The van der Waals surface area contributed by atoms with Crippen LogP contribution in [0.15, 0.2) is 35.5 Å². The molecular formula is C17H20FNO3. The number of amides is 1. The first-order valence-electron chi connectivity index (χ1n) is 7.32. The molecule has 1 aromatic rings. The Labute approximate surface area is 129 Å². The molecule has 1 heterocycles. The number of carbonyl (C=O) groups excluding carboxylic acids is 2. The number of hydrogen-bond acceptors (Lipinski definition) is 3. The molecule has 0 fully saturated rings. The maximum Gasteiger partial charge on any atom is 0.336 e. The fraction of sp³-hybridized carbons (Fsp3) is 0.412. The Balaban J connectivity index is 2.37. The van der Waals surface area contributed by atoms with Crippen LogP contribution in [0.5, 0.6) is 0 Å². The molecule has 0 aromatic heterocycles. The zero-order valence-electron chi connectivity index (χ0n) is 13.0. The first-order chi connectivity index (χ1) is 10.4. The SMILES string of the molecule is CC1=C(C(=O)OCC(C)C)[C@H](c2ccccc2F)CC(=O)N1. The largest absolute Gasteiger partial charge is 0.462 e. The van der Waals surface area contributed by atoms with Gasteiger partial charge in [0, 0.05) is 18.0 Å². The van der Waals surface area contributed by atoms with Gasteiger partial charge in [0.2, 0.25) is 5.91 Å². The van der Waals surface area contributed by atoms with E-state index in [0.717, 1.165) is 0 Å². The van der Waals surface area contributed by atoms with E-state index in [1.165, 1.54) is 6.07 Å². The van der Waals surface area contributed by atoms with Crippen LogP contribution in [0.1, 0.15) is 38.7 Å². The molecule has 4 nitrogen and oxygen atoms in total. The Morgan fingerprint density at radius 3 is 2.73 bits per heavy atom. The minimum atomic E-state index is -0.616. The molecule has 2 rings (SSSR count). The van der Waals surface area contributed by atoms with Crippen LogP contribution in [0, 0.1) is 11.7 Å². The van der Waals surface area contributed by atoms with Gasteiger partial charge in [0.1, 0.15) is 5.82 Å². The van der Waals surface area contributed by atoms with Crippen molar-refractivity contribution in [1.82, 2.24) is 5.32 Å². The van der Waals surface area contributed by atoms with Crippen molar-refractivity contribution in [3.8, 4) is 0 Å². The average molecular weight is 305 g/mol. The normalized spacial score (nSPS) is 18.4. The first kappa shape index (κ1) is 16.2. The van der Waals surface area contributed by atoms with E-state index in [2.05, 4.69) is 5.32 Å². The van der Waals surface area contributed by atoms with Gasteiger partial charge in [-0.25, -0.2) is 9.18 Å². The highest BCUT2D eigenvalue weighted by atomic mass is 19.1. The second kappa shape index (κ2) is 6.73. The zero-order valence-corrected chi connectivity index (χ0v) is 13.0. The van der Waals surface area contributed by atoms with Gasteiger partial charge in [-0.2, -0.15) is 0 Å². The number of benzene rings is 1. The highest BCUT2D eigenvalue weighted by Gasteiger charge is 2.34. The fourth-order valence-corrected chi connectivity index (χ4v) is 2.51. The summed E-state index contributed by atoms with van der Waals surface area (Å²) in [6.07, 6.45) is 0.0321. The molecule has 0 bridgehead atoms. The summed E-state index contributed by atoms with van der Waals surface area (Å²) >= 11 is 0. The van der Waals surface area contributed by atoms with Crippen LogP contribution in [0.4, 0.5) is 4.39 Å². The van der Waals surface area contributed by atoms with Gasteiger partial charge in [0.25, 0.3) is 0 Å². The topological polar surface area (TPSA) is 55.4 Å². The predicted octanol–water partition coefficient (Wildman–Crippen LogP) is 2.90. The number of hydrogen-bond donors (Lipinski definition) is 1. The molecule has 1 aliphatic rings. The van der Waals surface area contributed by atoms with Gasteiger partial charge in [-0.1, -0.05) is 32.0 Å². The van der Waals surface area contributed by atoms with Gasteiger partial charge >= 0.3 is 5.97 Å². The first-order valence-corrected chi connectivity index (χ1v) is 7.32. The highest BCUT2D eigenvalue weighted by Crippen LogP contribution is 2.34. The van der Waals surface area contributed by atoms with Gasteiger partial charge in [-0.3, -0.25) is 4.79 Å². The maximum atomic E-state index is 14.1. The van der Waals surface area contributed by atoms with Crippen LogP contribution in [0.25, 0.3) is 0 Å². The molecule has 1 atom stereocenters. The molecule has 0 spiro atoms. The van der Waals surface area contributed by atoms with Gasteiger partial charge in [0.05, 0.1) is 12.2 Å². The van der Waals surface area contributed by atoms with E-state index in [-0.39, 0.29) is 24.9 Å². The third kappa shape index (κ3) is 3.53. The standard InChI is InChI=1S/C17H20FNO3/c1-10(2)9-22-17(21)16-11(3)19-15(20)8-13(16)12-6-4-5-7-14(12)18/h4-7,10,13H,8-9H2,1-3H3,(H,19,20)/t13-/m0/s1. The lowest BCUT2D eigenvalue weighted by Gasteiger charge is -2.27. The Morgan fingerprint density at radius 1 is 1.41 bits per heavy atom. The Kier molecular flexibility index (Phi) is 4.96. The van der Waals surface area contributed by atoms with Crippen molar-refractivity contribution in [2.45, 2.75) is 33.1 Å².